The first kappa shape index (κ1) is 34.9. The summed E-state index contributed by atoms with van der Waals surface area (Å²) < 4.78 is 12.8. The number of furan rings is 2. The smallest absolute Gasteiger partial charge is 0.164 e. The molecule has 10 aromatic carbocycles. The van der Waals surface area contributed by atoms with Crippen LogP contribution in [0.25, 0.3) is 143 Å². The first-order chi connectivity index (χ1) is 31.7. The van der Waals surface area contributed by atoms with Gasteiger partial charge in [0.1, 0.15) is 22.3 Å². The van der Waals surface area contributed by atoms with Gasteiger partial charge < -0.3 is 8.83 Å². The Morgan fingerprint density at radius 1 is 0.266 bits per heavy atom. The molecule has 14 rings (SSSR count). The molecule has 4 heterocycles. The van der Waals surface area contributed by atoms with E-state index < -0.39 is 0 Å². The molecule has 0 N–H and O–H groups in total. The predicted molar refractivity (Wildman–Crippen MR) is 261 cm³/mol. The SMILES string of the molecule is c1ccc(-c2nc(-c3ccc4c(c3)nc(-c3ccc5c6ccccc6c6ccccc6c5c3)c3ccc5oc6ccccc6c5c34)nc(-c3cccc4oc5ccccc5c34)n2)cc1. The van der Waals surface area contributed by atoms with Crippen LogP contribution in [-0.2, 0) is 0 Å². The van der Waals surface area contributed by atoms with Gasteiger partial charge in [0.15, 0.2) is 17.5 Å². The molecule has 0 aliphatic heterocycles. The van der Waals surface area contributed by atoms with Crippen molar-refractivity contribution in [2.24, 2.45) is 0 Å². The molecule has 0 aliphatic carbocycles. The Labute approximate surface area is 364 Å². The molecule has 0 bridgehead atoms. The van der Waals surface area contributed by atoms with Gasteiger partial charge >= 0.3 is 0 Å². The molecule has 64 heavy (non-hydrogen) atoms. The molecular weight excluding hydrogens is 785 g/mol. The number of hydrogen-bond donors (Lipinski definition) is 0. The van der Waals surface area contributed by atoms with Crippen LogP contribution >= 0.6 is 0 Å². The molecule has 0 unspecified atom stereocenters. The average Bonchev–Trinajstić information content (AvgIpc) is 3.95. The van der Waals surface area contributed by atoms with E-state index in [1.165, 1.54) is 32.3 Å². The molecule has 4 aromatic heterocycles. The molecule has 14 aromatic rings. The maximum atomic E-state index is 6.50. The highest BCUT2D eigenvalue weighted by molar-refractivity contribution is 6.29. The first-order valence-electron chi connectivity index (χ1n) is 21.5. The second-order valence-electron chi connectivity index (χ2n) is 16.5. The van der Waals surface area contributed by atoms with Crippen molar-refractivity contribution >= 4 is 97.9 Å². The number of rotatable bonds is 4. The summed E-state index contributed by atoms with van der Waals surface area (Å²) in [6, 6.07) is 67.4. The summed E-state index contributed by atoms with van der Waals surface area (Å²) >= 11 is 0. The Bertz CT molecular complexity index is 4230. The third kappa shape index (κ3) is 5.14. The summed E-state index contributed by atoms with van der Waals surface area (Å²) in [7, 11) is 0. The zero-order valence-electron chi connectivity index (χ0n) is 34.1. The summed E-state index contributed by atoms with van der Waals surface area (Å²) in [5.74, 6) is 1.70. The van der Waals surface area contributed by atoms with Crippen LogP contribution in [-0.4, -0.2) is 19.9 Å². The van der Waals surface area contributed by atoms with E-state index in [0.717, 1.165) is 93.5 Å². The van der Waals surface area contributed by atoms with E-state index >= 15 is 0 Å². The minimum atomic E-state index is 0.551. The van der Waals surface area contributed by atoms with Gasteiger partial charge in [0.2, 0.25) is 0 Å². The second kappa shape index (κ2) is 13.4. The summed E-state index contributed by atoms with van der Waals surface area (Å²) in [4.78, 5) is 21.1. The molecule has 296 valence electrons. The molecule has 0 radical (unpaired) electrons. The van der Waals surface area contributed by atoms with E-state index in [9.17, 15) is 0 Å². The van der Waals surface area contributed by atoms with Gasteiger partial charge in [-0.3, -0.25) is 0 Å². The van der Waals surface area contributed by atoms with Crippen molar-refractivity contribution in [2.75, 3.05) is 0 Å². The molecule has 0 aliphatic rings. The van der Waals surface area contributed by atoms with Crippen LogP contribution in [0.4, 0.5) is 0 Å². The van der Waals surface area contributed by atoms with Crippen molar-refractivity contribution < 1.29 is 8.83 Å². The van der Waals surface area contributed by atoms with Gasteiger partial charge in [-0.2, -0.15) is 0 Å². The zero-order valence-corrected chi connectivity index (χ0v) is 34.1. The summed E-state index contributed by atoms with van der Waals surface area (Å²) in [5.41, 5.74) is 8.64. The molecule has 6 heteroatoms. The average molecular weight is 817 g/mol. The molecule has 0 fully saturated rings. The topological polar surface area (TPSA) is 77.8 Å². The highest BCUT2D eigenvalue weighted by Crippen LogP contribution is 2.44. The van der Waals surface area contributed by atoms with Crippen LogP contribution in [0.1, 0.15) is 0 Å². The molecule has 6 nitrogen and oxygen atoms in total. The maximum Gasteiger partial charge on any atom is 0.164 e. The highest BCUT2D eigenvalue weighted by Gasteiger charge is 2.21. The molecule has 0 saturated carbocycles. The van der Waals surface area contributed by atoms with Crippen LogP contribution in [0, 0.1) is 0 Å². The maximum absolute atomic E-state index is 6.50. The number of benzene rings is 10. The number of nitrogens with zero attached hydrogens (tertiary/aromatic N) is 4. The minimum absolute atomic E-state index is 0.551. The van der Waals surface area contributed by atoms with Gasteiger partial charge in [0.25, 0.3) is 0 Å². The van der Waals surface area contributed by atoms with E-state index in [2.05, 4.69) is 121 Å². The lowest BCUT2D eigenvalue weighted by Gasteiger charge is -2.15. The van der Waals surface area contributed by atoms with Crippen molar-refractivity contribution in [3.05, 3.63) is 194 Å². The number of aromatic nitrogens is 4. The van der Waals surface area contributed by atoms with E-state index in [1.807, 2.05) is 72.8 Å². The van der Waals surface area contributed by atoms with Crippen LogP contribution in [0.3, 0.4) is 0 Å². The van der Waals surface area contributed by atoms with Gasteiger partial charge in [-0.25, -0.2) is 19.9 Å². The Morgan fingerprint density at radius 3 is 1.50 bits per heavy atom. The van der Waals surface area contributed by atoms with Gasteiger partial charge in [-0.1, -0.05) is 152 Å². The Hall–Kier alpha value is -8.74. The summed E-state index contributed by atoms with van der Waals surface area (Å²) in [6.45, 7) is 0. The lowest BCUT2D eigenvalue weighted by molar-refractivity contribution is 0.668. The largest absolute Gasteiger partial charge is 0.456 e. The van der Waals surface area contributed by atoms with Gasteiger partial charge in [0, 0.05) is 60.0 Å². The first-order valence-corrected chi connectivity index (χ1v) is 21.5. The van der Waals surface area contributed by atoms with Gasteiger partial charge in [-0.05, 0) is 74.8 Å². The van der Waals surface area contributed by atoms with Crippen LogP contribution in [0.5, 0.6) is 0 Å². The van der Waals surface area contributed by atoms with Crippen LogP contribution < -0.4 is 0 Å². The predicted octanol–water partition coefficient (Wildman–Crippen LogP) is 15.5. The van der Waals surface area contributed by atoms with E-state index in [4.69, 9.17) is 28.8 Å². The zero-order chi connectivity index (χ0) is 41.9. The number of pyridine rings is 1. The highest BCUT2D eigenvalue weighted by atomic mass is 16.3. The van der Waals surface area contributed by atoms with E-state index in [1.54, 1.807) is 0 Å². The molecule has 0 atom stereocenters. The monoisotopic (exact) mass is 816 g/mol. The van der Waals surface area contributed by atoms with Gasteiger partial charge in [0.05, 0.1) is 11.2 Å². The minimum Gasteiger partial charge on any atom is -0.456 e. The molecule has 0 spiro atoms. The number of hydrogen-bond acceptors (Lipinski definition) is 6. The van der Waals surface area contributed by atoms with E-state index in [0.29, 0.717) is 17.5 Å². The fourth-order valence-corrected chi connectivity index (χ4v) is 10.0. The number of para-hydroxylation sites is 2. The van der Waals surface area contributed by atoms with Gasteiger partial charge in [-0.15, -0.1) is 0 Å². The fourth-order valence-electron chi connectivity index (χ4n) is 10.0. The van der Waals surface area contributed by atoms with Crippen molar-refractivity contribution in [1.82, 2.24) is 19.9 Å². The Morgan fingerprint density at radius 2 is 0.781 bits per heavy atom. The van der Waals surface area contributed by atoms with Crippen molar-refractivity contribution in [2.45, 2.75) is 0 Å². The quantitative estimate of drug-likeness (QED) is 0.165. The Kier molecular flexibility index (Phi) is 7.30. The molecule has 0 amide bonds. The standard InChI is InChI=1S/C58H32N4O2/c1-2-13-33(14-3-1)56-60-57(62-58(61-56)45-21-12-24-50-52(45)42-19-8-10-22-48(42)63-50)35-26-28-41-47(32-35)59-55(44-29-30-51-54(53(41)44)43-20-9-11-23-49(43)64-51)34-25-27-40-38-17-5-4-15-36(38)37-16-6-7-18-39(37)46(40)31-34/h1-32H. The molecular formula is C58H32N4O2. The van der Waals surface area contributed by atoms with Crippen LogP contribution in [0.15, 0.2) is 203 Å². The van der Waals surface area contributed by atoms with Crippen molar-refractivity contribution in [3.8, 4) is 45.4 Å². The summed E-state index contributed by atoms with van der Waals surface area (Å²) in [5, 5.41) is 14.6. The molecule has 0 saturated heterocycles. The summed E-state index contributed by atoms with van der Waals surface area (Å²) in [6.07, 6.45) is 0. The lowest BCUT2D eigenvalue weighted by atomic mass is 9.91. The third-order valence-electron chi connectivity index (χ3n) is 12.9. The number of fused-ring (bicyclic) bond motifs is 16. The normalized spacial score (nSPS) is 12.1. The van der Waals surface area contributed by atoms with E-state index in [-0.39, 0.29) is 0 Å². The van der Waals surface area contributed by atoms with Crippen molar-refractivity contribution in [3.63, 3.8) is 0 Å². The lowest BCUT2D eigenvalue weighted by Crippen LogP contribution is -2.00. The third-order valence-corrected chi connectivity index (χ3v) is 12.9. The Balaban J connectivity index is 1.05. The second-order valence-corrected chi connectivity index (χ2v) is 16.5. The van der Waals surface area contributed by atoms with Crippen molar-refractivity contribution in [1.29, 1.82) is 0 Å². The van der Waals surface area contributed by atoms with Crippen LogP contribution in [0.2, 0.25) is 0 Å². The fraction of sp³-hybridized carbons (Fsp3) is 0.